The van der Waals surface area contributed by atoms with Crippen LogP contribution in [0.1, 0.15) is 92.4 Å². The van der Waals surface area contributed by atoms with Crippen LogP contribution in [0.25, 0.3) is 0 Å². The Kier molecular flexibility index (Phi) is 7.16. The third-order valence-corrected chi connectivity index (χ3v) is 10.2. The zero-order valence-corrected chi connectivity index (χ0v) is 20.4. The molecule has 8 unspecified atom stereocenters. The lowest BCUT2D eigenvalue weighted by molar-refractivity contribution is -0.233. The van der Waals surface area contributed by atoms with E-state index in [9.17, 15) is 9.90 Å². The van der Waals surface area contributed by atoms with Gasteiger partial charge in [-0.2, -0.15) is 0 Å². The number of rotatable bonds is 3. The number of fused-ring (bicyclic) bond motifs is 5. The number of halogens is 2. The normalized spacial score (nSPS) is 45.1. The molecule has 3 nitrogen and oxygen atoms in total. The Hall–Kier alpha value is -0.710. The number of aliphatic hydroxyl groups excluding tert-OH is 1. The topological polar surface area (TPSA) is 46.5 Å². The standard InChI is InChI=1S/C24H38F2O3.C2H6/c1-14(20(27)21(28)29-4)16-8-9-17-19-18(10-12-23(16,17)3)22(2)11-6-5-7-15(22)13-24(19,25)26;1-2/h14-20,27H,5-13H2,1-4H3;1-2H3/t14-,15?,16?,17?,18?,19?,20?,22?,23?;/m0./s1. The minimum atomic E-state index is -2.60. The average molecular weight is 443 g/mol. The maximum atomic E-state index is 15.6. The van der Waals surface area contributed by atoms with Crippen LogP contribution in [-0.2, 0) is 9.53 Å². The number of methoxy groups -OCH3 is 1. The van der Waals surface area contributed by atoms with Crippen LogP contribution in [0, 0.1) is 46.3 Å². The van der Waals surface area contributed by atoms with E-state index in [1.54, 1.807) is 0 Å². The molecular formula is C26H44F2O3. The fourth-order valence-corrected chi connectivity index (χ4v) is 8.65. The minimum Gasteiger partial charge on any atom is -0.467 e. The Morgan fingerprint density at radius 1 is 1.00 bits per heavy atom. The molecule has 4 fully saturated rings. The van der Waals surface area contributed by atoms with Gasteiger partial charge in [-0.05, 0) is 78.9 Å². The molecule has 0 bridgehead atoms. The first-order valence-corrected chi connectivity index (χ1v) is 12.7. The van der Waals surface area contributed by atoms with Crippen LogP contribution in [0.2, 0.25) is 0 Å². The number of carbonyl (C=O) groups excluding carboxylic acids is 1. The molecule has 4 saturated carbocycles. The van der Waals surface area contributed by atoms with Gasteiger partial charge in [-0.1, -0.05) is 47.5 Å². The fraction of sp³-hybridized carbons (Fsp3) is 0.962. The second-order valence-corrected chi connectivity index (χ2v) is 11.2. The molecule has 180 valence electrons. The summed E-state index contributed by atoms with van der Waals surface area (Å²) in [5, 5.41) is 10.5. The van der Waals surface area contributed by atoms with E-state index in [1.165, 1.54) is 13.5 Å². The summed E-state index contributed by atoms with van der Waals surface area (Å²) in [7, 11) is 1.28. The Labute approximate surface area is 187 Å². The van der Waals surface area contributed by atoms with E-state index in [0.29, 0.717) is 0 Å². The summed E-state index contributed by atoms with van der Waals surface area (Å²) in [4.78, 5) is 11.9. The predicted octanol–water partition coefficient (Wildman–Crippen LogP) is 6.48. The molecule has 4 aliphatic rings. The number of alkyl halides is 2. The summed E-state index contributed by atoms with van der Waals surface area (Å²) in [5.74, 6) is -3.71. The van der Waals surface area contributed by atoms with E-state index in [4.69, 9.17) is 4.74 Å². The molecule has 0 spiro atoms. The predicted molar refractivity (Wildman–Crippen MR) is 119 cm³/mol. The van der Waals surface area contributed by atoms with Crippen LogP contribution in [0.15, 0.2) is 0 Å². The molecule has 4 aliphatic carbocycles. The molecule has 0 radical (unpaired) electrons. The third-order valence-electron chi connectivity index (χ3n) is 10.2. The molecule has 0 amide bonds. The Bertz CT molecular complexity index is 653. The molecule has 9 atom stereocenters. The van der Waals surface area contributed by atoms with Crippen molar-refractivity contribution < 1.29 is 23.4 Å². The average Bonchev–Trinajstić information content (AvgIpc) is 3.10. The second-order valence-electron chi connectivity index (χ2n) is 11.2. The van der Waals surface area contributed by atoms with Crippen LogP contribution in [-0.4, -0.2) is 30.2 Å². The Morgan fingerprint density at radius 2 is 1.65 bits per heavy atom. The molecular weight excluding hydrogens is 398 g/mol. The highest BCUT2D eigenvalue weighted by atomic mass is 19.3. The van der Waals surface area contributed by atoms with Crippen molar-refractivity contribution in [2.75, 3.05) is 7.11 Å². The second kappa shape index (κ2) is 8.91. The maximum absolute atomic E-state index is 15.6. The molecule has 0 aromatic heterocycles. The molecule has 0 aromatic carbocycles. The lowest BCUT2D eigenvalue weighted by atomic mass is 9.43. The van der Waals surface area contributed by atoms with E-state index >= 15 is 8.78 Å². The first-order chi connectivity index (χ1) is 14.6. The van der Waals surface area contributed by atoms with Crippen molar-refractivity contribution in [3.8, 4) is 0 Å². The van der Waals surface area contributed by atoms with Gasteiger partial charge >= 0.3 is 5.97 Å². The van der Waals surface area contributed by atoms with Crippen LogP contribution >= 0.6 is 0 Å². The van der Waals surface area contributed by atoms with Crippen LogP contribution in [0.4, 0.5) is 8.78 Å². The van der Waals surface area contributed by atoms with E-state index in [2.05, 4.69) is 13.8 Å². The van der Waals surface area contributed by atoms with Gasteiger partial charge in [0.2, 0.25) is 0 Å². The van der Waals surface area contributed by atoms with Gasteiger partial charge in [-0.15, -0.1) is 0 Å². The molecule has 4 rings (SSSR count). The monoisotopic (exact) mass is 442 g/mol. The molecule has 0 saturated heterocycles. The van der Waals surface area contributed by atoms with Gasteiger partial charge < -0.3 is 9.84 Å². The number of esters is 1. The fourth-order valence-electron chi connectivity index (χ4n) is 8.65. The van der Waals surface area contributed by atoms with Gasteiger partial charge in [-0.3, -0.25) is 0 Å². The lowest BCUT2D eigenvalue weighted by Crippen LogP contribution is -2.60. The van der Waals surface area contributed by atoms with Gasteiger partial charge in [0, 0.05) is 12.3 Å². The van der Waals surface area contributed by atoms with Crippen molar-refractivity contribution in [1.82, 2.24) is 0 Å². The number of hydrogen-bond donors (Lipinski definition) is 1. The van der Waals surface area contributed by atoms with Gasteiger partial charge in [0.15, 0.2) is 6.10 Å². The third kappa shape index (κ3) is 3.85. The summed E-state index contributed by atoms with van der Waals surface area (Å²) in [6.45, 7) is 10.4. The first kappa shape index (κ1) is 24.9. The van der Waals surface area contributed by atoms with Crippen LogP contribution < -0.4 is 0 Å². The van der Waals surface area contributed by atoms with Gasteiger partial charge in [0.1, 0.15) is 0 Å². The van der Waals surface area contributed by atoms with Crippen molar-refractivity contribution in [3.05, 3.63) is 0 Å². The van der Waals surface area contributed by atoms with Gasteiger partial charge in [0.25, 0.3) is 5.92 Å². The zero-order chi connectivity index (χ0) is 23.2. The Balaban J connectivity index is 0.00000132. The van der Waals surface area contributed by atoms with Gasteiger partial charge in [-0.25, -0.2) is 13.6 Å². The maximum Gasteiger partial charge on any atom is 0.334 e. The number of hydrogen-bond acceptors (Lipinski definition) is 3. The number of ether oxygens (including phenoxy) is 1. The molecule has 0 aromatic rings. The van der Waals surface area contributed by atoms with E-state index in [0.717, 1.165) is 44.9 Å². The van der Waals surface area contributed by atoms with Gasteiger partial charge in [0.05, 0.1) is 7.11 Å². The first-order valence-electron chi connectivity index (χ1n) is 12.7. The van der Waals surface area contributed by atoms with E-state index < -0.39 is 23.9 Å². The minimum absolute atomic E-state index is 0.0201. The zero-order valence-electron chi connectivity index (χ0n) is 20.4. The highest BCUT2D eigenvalue weighted by Crippen LogP contribution is 2.71. The summed E-state index contributed by atoms with van der Waals surface area (Å²) in [6, 6.07) is 0. The quantitative estimate of drug-likeness (QED) is 0.509. The van der Waals surface area contributed by atoms with Crippen molar-refractivity contribution in [1.29, 1.82) is 0 Å². The van der Waals surface area contributed by atoms with Crippen molar-refractivity contribution in [3.63, 3.8) is 0 Å². The summed E-state index contributed by atoms with van der Waals surface area (Å²) in [6.07, 6.45) is 6.61. The highest BCUT2D eigenvalue weighted by molar-refractivity contribution is 5.74. The van der Waals surface area contributed by atoms with E-state index in [-0.39, 0.29) is 46.8 Å². The molecule has 1 N–H and O–H groups in total. The summed E-state index contributed by atoms with van der Waals surface area (Å²) in [5.41, 5.74) is -0.183. The SMILES string of the molecule is CC.COC(=O)C(O)[C@@H](C)C1CCC2C3C(CCC21C)C1(C)CCCCC1CC3(F)F. The highest BCUT2D eigenvalue weighted by Gasteiger charge is 2.68. The lowest BCUT2D eigenvalue weighted by Gasteiger charge is -2.62. The van der Waals surface area contributed by atoms with Crippen molar-refractivity contribution in [2.45, 2.75) is 104 Å². The molecule has 0 heterocycles. The Morgan fingerprint density at radius 3 is 2.29 bits per heavy atom. The molecule has 0 aliphatic heterocycles. The largest absolute Gasteiger partial charge is 0.467 e. The van der Waals surface area contributed by atoms with Crippen LogP contribution in [0.5, 0.6) is 0 Å². The number of carbonyl (C=O) groups is 1. The number of aliphatic hydroxyl groups is 1. The molecule has 31 heavy (non-hydrogen) atoms. The van der Waals surface area contributed by atoms with Crippen molar-refractivity contribution in [2.24, 2.45) is 46.3 Å². The van der Waals surface area contributed by atoms with E-state index in [1.807, 2.05) is 20.8 Å². The molecule has 5 heteroatoms. The summed E-state index contributed by atoms with van der Waals surface area (Å²) < 4.78 is 36.0. The summed E-state index contributed by atoms with van der Waals surface area (Å²) >= 11 is 0. The van der Waals surface area contributed by atoms with Crippen LogP contribution in [0.3, 0.4) is 0 Å². The smallest absolute Gasteiger partial charge is 0.334 e. The van der Waals surface area contributed by atoms with Crippen molar-refractivity contribution >= 4 is 5.97 Å².